The molecule has 7 heteroatoms. The fourth-order valence-corrected chi connectivity index (χ4v) is 3.15. The molecule has 1 unspecified atom stereocenters. The van der Waals surface area contributed by atoms with Crippen molar-refractivity contribution in [2.75, 3.05) is 31.1 Å². The van der Waals surface area contributed by atoms with Gasteiger partial charge in [0.25, 0.3) is 11.6 Å². The van der Waals surface area contributed by atoms with Gasteiger partial charge in [0.2, 0.25) is 0 Å². The van der Waals surface area contributed by atoms with Crippen LogP contribution in [0.2, 0.25) is 0 Å². The normalized spacial score (nSPS) is 20.7. The Bertz CT molecular complexity index is 593. The van der Waals surface area contributed by atoms with Crippen molar-refractivity contribution in [3.63, 3.8) is 0 Å². The van der Waals surface area contributed by atoms with E-state index in [0.29, 0.717) is 17.8 Å². The van der Waals surface area contributed by atoms with Crippen LogP contribution in [0.5, 0.6) is 0 Å². The molecule has 2 saturated heterocycles. The van der Waals surface area contributed by atoms with Gasteiger partial charge in [-0.1, -0.05) is 0 Å². The third-order valence-corrected chi connectivity index (χ3v) is 4.40. The third kappa shape index (κ3) is 3.61. The average molecular weight is 319 g/mol. The van der Waals surface area contributed by atoms with E-state index >= 15 is 0 Å². The number of hydrogen-bond donors (Lipinski definition) is 1. The van der Waals surface area contributed by atoms with E-state index in [1.165, 1.54) is 6.07 Å². The van der Waals surface area contributed by atoms with Gasteiger partial charge in [-0.15, -0.1) is 0 Å². The zero-order chi connectivity index (χ0) is 16.2. The molecular formula is C16H21N3O4. The number of nitrogens with one attached hydrogen (secondary N) is 1. The number of carbonyl (C=O) groups excluding carboxylic acids is 1. The number of anilines is 1. The highest BCUT2D eigenvalue weighted by Crippen LogP contribution is 2.31. The number of benzene rings is 1. The Morgan fingerprint density at radius 2 is 2.13 bits per heavy atom. The molecule has 1 aromatic rings. The van der Waals surface area contributed by atoms with E-state index in [1.807, 2.05) is 4.90 Å². The quantitative estimate of drug-likeness (QED) is 0.663. The highest BCUT2D eigenvalue weighted by Gasteiger charge is 2.24. The Labute approximate surface area is 134 Å². The highest BCUT2D eigenvalue weighted by atomic mass is 16.6. The summed E-state index contributed by atoms with van der Waals surface area (Å²) in [5.41, 5.74) is 0.914. The highest BCUT2D eigenvalue weighted by molar-refractivity contribution is 5.95. The van der Waals surface area contributed by atoms with E-state index in [-0.39, 0.29) is 17.7 Å². The van der Waals surface area contributed by atoms with Crippen LogP contribution >= 0.6 is 0 Å². The van der Waals surface area contributed by atoms with Gasteiger partial charge in [0.05, 0.1) is 11.0 Å². The van der Waals surface area contributed by atoms with E-state index < -0.39 is 4.92 Å². The first-order chi connectivity index (χ1) is 11.1. The minimum atomic E-state index is -0.412. The van der Waals surface area contributed by atoms with E-state index in [9.17, 15) is 14.9 Å². The second-order valence-electron chi connectivity index (χ2n) is 6.00. The molecule has 7 nitrogen and oxygen atoms in total. The van der Waals surface area contributed by atoms with Crippen molar-refractivity contribution < 1.29 is 14.5 Å². The van der Waals surface area contributed by atoms with Gasteiger partial charge in [-0.05, 0) is 37.8 Å². The standard InChI is InChI=1S/C16H21N3O4/c20-16(17-11-13-4-3-9-23-13)12-5-6-14(15(10-12)19(21)22)18-7-1-2-8-18/h5-6,10,13H,1-4,7-9,11H2,(H,17,20). The van der Waals surface area contributed by atoms with Gasteiger partial charge in [-0.25, -0.2) is 0 Å². The summed E-state index contributed by atoms with van der Waals surface area (Å²) >= 11 is 0. The molecule has 2 aliphatic heterocycles. The SMILES string of the molecule is O=C(NCC1CCCO1)c1ccc(N2CCCC2)c([N+](=O)[O-])c1. The molecule has 0 aromatic heterocycles. The van der Waals surface area contributed by atoms with Crippen LogP contribution in [0.4, 0.5) is 11.4 Å². The molecule has 1 N–H and O–H groups in total. The van der Waals surface area contributed by atoms with Gasteiger partial charge in [0.15, 0.2) is 0 Å². The summed E-state index contributed by atoms with van der Waals surface area (Å²) in [5.74, 6) is -0.295. The van der Waals surface area contributed by atoms with Crippen molar-refractivity contribution in [2.24, 2.45) is 0 Å². The molecule has 0 bridgehead atoms. The molecule has 0 radical (unpaired) electrons. The maximum absolute atomic E-state index is 12.2. The number of amides is 1. The van der Waals surface area contributed by atoms with Crippen molar-refractivity contribution in [3.8, 4) is 0 Å². The maximum Gasteiger partial charge on any atom is 0.293 e. The zero-order valence-corrected chi connectivity index (χ0v) is 13.0. The molecule has 1 amide bonds. The Hall–Kier alpha value is -2.15. The van der Waals surface area contributed by atoms with Crippen LogP contribution in [0.15, 0.2) is 18.2 Å². The third-order valence-electron chi connectivity index (χ3n) is 4.40. The summed E-state index contributed by atoms with van der Waals surface area (Å²) in [4.78, 5) is 25.1. The first-order valence-electron chi connectivity index (χ1n) is 8.08. The molecule has 1 aromatic carbocycles. The van der Waals surface area contributed by atoms with E-state index in [2.05, 4.69) is 5.32 Å². The van der Waals surface area contributed by atoms with Crippen molar-refractivity contribution in [1.82, 2.24) is 5.32 Å². The lowest BCUT2D eigenvalue weighted by Crippen LogP contribution is -2.31. The number of nitrogens with zero attached hydrogens (tertiary/aromatic N) is 2. The summed E-state index contributed by atoms with van der Waals surface area (Å²) < 4.78 is 5.46. The van der Waals surface area contributed by atoms with Gasteiger partial charge >= 0.3 is 0 Å². The number of carbonyl (C=O) groups is 1. The molecule has 3 rings (SSSR count). The van der Waals surface area contributed by atoms with Crippen LogP contribution in [0.3, 0.4) is 0 Å². The van der Waals surface area contributed by atoms with E-state index in [1.54, 1.807) is 12.1 Å². The molecule has 2 heterocycles. The minimum absolute atomic E-state index is 0.00309. The smallest absolute Gasteiger partial charge is 0.293 e. The maximum atomic E-state index is 12.2. The van der Waals surface area contributed by atoms with Gasteiger partial charge in [-0.2, -0.15) is 0 Å². The monoisotopic (exact) mass is 319 g/mol. The summed E-state index contributed by atoms with van der Waals surface area (Å²) in [7, 11) is 0. The van der Waals surface area contributed by atoms with Crippen LogP contribution in [-0.4, -0.2) is 43.2 Å². The van der Waals surface area contributed by atoms with Crippen molar-refractivity contribution in [1.29, 1.82) is 0 Å². The fourth-order valence-electron chi connectivity index (χ4n) is 3.15. The Morgan fingerprint density at radius 3 is 2.78 bits per heavy atom. The van der Waals surface area contributed by atoms with Crippen molar-refractivity contribution in [3.05, 3.63) is 33.9 Å². The summed E-state index contributed by atoms with van der Waals surface area (Å²) in [6, 6.07) is 4.72. The largest absolute Gasteiger partial charge is 0.376 e. The first kappa shape index (κ1) is 15.7. The van der Waals surface area contributed by atoms with Crippen molar-refractivity contribution >= 4 is 17.3 Å². The number of hydrogen-bond acceptors (Lipinski definition) is 5. The Morgan fingerprint density at radius 1 is 1.35 bits per heavy atom. The molecule has 2 aliphatic rings. The molecule has 0 spiro atoms. The molecule has 2 fully saturated rings. The molecule has 1 atom stereocenters. The van der Waals surface area contributed by atoms with Crippen molar-refractivity contribution in [2.45, 2.75) is 31.8 Å². The Balaban J connectivity index is 1.72. The minimum Gasteiger partial charge on any atom is -0.376 e. The lowest BCUT2D eigenvalue weighted by Gasteiger charge is -2.18. The topological polar surface area (TPSA) is 84.7 Å². The molecule has 124 valence electrons. The molecule has 23 heavy (non-hydrogen) atoms. The van der Waals surface area contributed by atoms with Crippen LogP contribution < -0.4 is 10.2 Å². The number of nitro benzene ring substituents is 1. The molecular weight excluding hydrogens is 298 g/mol. The second kappa shape index (κ2) is 6.95. The summed E-state index contributed by atoms with van der Waals surface area (Å²) in [6.45, 7) is 2.83. The van der Waals surface area contributed by atoms with Crippen LogP contribution in [0.25, 0.3) is 0 Å². The van der Waals surface area contributed by atoms with E-state index in [4.69, 9.17) is 4.74 Å². The number of rotatable bonds is 5. The van der Waals surface area contributed by atoms with Crippen LogP contribution in [0, 0.1) is 10.1 Å². The number of nitro groups is 1. The Kier molecular flexibility index (Phi) is 4.76. The predicted octanol–water partition coefficient (Wildman–Crippen LogP) is 2.10. The average Bonchev–Trinajstić information content (AvgIpc) is 3.25. The van der Waals surface area contributed by atoms with Gasteiger partial charge in [0.1, 0.15) is 5.69 Å². The summed E-state index contributed by atoms with van der Waals surface area (Å²) in [5, 5.41) is 14.1. The second-order valence-corrected chi connectivity index (χ2v) is 6.00. The van der Waals surface area contributed by atoms with Crippen LogP contribution in [-0.2, 0) is 4.74 Å². The van der Waals surface area contributed by atoms with Gasteiger partial charge < -0.3 is 15.0 Å². The van der Waals surface area contributed by atoms with Gasteiger partial charge in [-0.3, -0.25) is 14.9 Å². The number of ether oxygens (including phenoxy) is 1. The summed E-state index contributed by atoms with van der Waals surface area (Å²) in [6.07, 6.45) is 4.09. The lowest BCUT2D eigenvalue weighted by molar-refractivity contribution is -0.384. The lowest BCUT2D eigenvalue weighted by atomic mass is 10.1. The first-order valence-corrected chi connectivity index (χ1v) is 8.08. The predicted molar refractivity (Wildman–Crippen MR) is 85.9 cm³/mol. The van der Waals surface area contributed by atoms with Gasteiger partial charge in [0, 0.05) is 37.9 Å². The molecule has 0 saturated carbocycles. The molecule has 0 aliphatic carbocycles. The van der Waals surface area contributed by atoms with E-state index in [0.717, 1.165) is 45.4 Å². The zero-order valence-electron chi connectivity index (χ0n) is 13.0. The van der Waals surface area contributed by atoms with Crippen LogP contribution in [0.1, 0.15) is 36.0 Å². The fraction of sp³-hybridized carbons (Fsp3) is 0.562.